The largest absolute Gasteiger partial charge is 0.339 e. The summed E-state index contributed by atoms with van der Waals surface area (Å²) in [5, 5.41) is 7.97. The number of nitrogens with zero attached hydrogens (tertiary/aromatic N) is 2. The second-order valence-electron chi connectivity index (χ2n) is 4.60. The monoisotopic (exact) mass is 299 g/mol. The summed E-state index contributed by atoms with van der Waals surface area (Å²) in [7, 11) is 0. The van der Waals surface area contributed by atoms with Crippen molar-refractivity contribution in [3.8, 4) is 0 Å². The Hall–Kier alpha value is -1.10. The van der Waals surface area contributed by atoms with Gasteiger partial charge in [-0.15, -0.1) is 12.4 Å². The van der Waals surface area contributed by atoms with Gasteiger partial charge in [0.15, 0.2) is 5.82 Å². The Morgan fingerprint density at radius 2 is 2.11 bits per heavy atom. The number of benzene rings is 1. The third-order valence-corrected chi connectivity index (χ3v) is 3.51. The zero-order valence-corrected chi connectivity index (χ0v) is 11.9. The van der Waals surface area contributed by atoms with Crippen LogP contribution in [0.5, 0.6) is 0 Å². The van der Waals surface area contributed by atoms with Crippen molar-refractivity contribution >= 4 is 24.0 Å². The number of rotatable bonds is 4. The van der Waals surface area contributed by atoms with Gasteiger partial charge in [0.05, 0.1) is 0 Å². The highest BCUT2D eigenvalue weighted by Gasteiger charge is 2.20. The normalized spacial score (nSPS) is 14.8. The van der Waals surface area contributed by atoms with E-state index in [4.69, 9.17) is 16.1 Å². The molecular weight excluding hydrogens is 285 g/mol. The van der Waals surface area contributed by atoms with E-state index in [0.717, 1.165) is 36.0 Å². The van der Waals surface area contributed by atoms with E-state index in [1.807, 2.05) is 24.3 Å². The number of hydrogen-bond donors (Lipinski definition) is 1. The van der Waals surface area contributed by atoms with Crippen LogP contribution in [0.2, 0.25) is 5.02 Å². The lowest BCUT2D eigenvalue weighted by Crippen LogP contribution is -2.43. The Kier molecular flexibility index (Phi) is 4.80. The molecule has 0 aliphatic carbocycles. The van der Waals surface area contributed by atoms with Gasteiger partial charge in [-0.25, -0.2) is 0 Å². The molecule has 0 atom stereocenters. The molecule has 1 N–H and O–H groups in total. The summed E-state index contributed by atoms with van der Waals surface area (Å²) in [6.45, 7) is 2.09. The second kappa shape index (κ2) is 6.37. The van der Waals surface area contributed by atoms with E-state index in [9.17, 15) is 0 Å². The fourth-order valence-electron chi connectivity index (χ4n) is 2.00. The number of halogens is 2. The Balaban J connectivity index is 0.00000133. The van der Waals surface area contributed by atoms with Gasteiger partial charge in [-0.3, -0.25) is 0 Å². The smallest absolute Gasteiger partial charge is 0.227 e. The highest BCUT2D eigenvalue weighted by molar-refractivity contribution is 6.31. The Labute approximate surface area is 122 Å². The summed E-state index contributed by atoms with van der Waals surface area (Å²) < 4.78 is 5.25. The van der Waals surface area contributed by atoms with Crippen LogP contribution in [0.15, 0.2) is 28.8 Å². The van der Waals surface area contributed by atoms with E-state index in [-0.39, 0.29) is 12.4 Å². The van der Waals surface area contributed by atoms with Crippen molar-refractivity contribution in [3.63, 3.8) is 0 Å². The zero-order valence-electron chi connectivity index (χ0n) is 10.3. The third-order valence-electron chi connectivity index (χ3n) is 3.15. The molecule has 2 aromatic rings. The molecule has 0 radical (unpaired) electrons. The maximum atomic E-state index is 6.10. The molecule has 19 heavy (non-hydrogen) atoms. The molecule has 1 aromatic heterocycles. The van der Waals surface area contributed by atoms with Crippen LogP contribution in [0.1, 0.15) is 17.3 Å². The van der Waals surface area contributed by atoms with E-state index in [0.29, 0.717) is 18.2 Å². The minimum absolute atomic E-state index is 0. The zero-order chi connectivity index (χ0) is 12.4. The van der Waals surface area contributed by atoms with Crippen molar-refractivity contribution in [1.29, 1.82) is 0 Å². The summed E-state index contributed by atoms with van der Waals surface area (Å²) in [6, 6.07) is 7.73. The molecule has 3 rings (SSSR count). The van der Waals surface area contributed by atoms with E-state index in [2.05, 4.69) is 15.5 Å². The first-order valence-electron chi connectivity index (χ1n) is 6.07. The van der Waals surface area contributed by atoms with E-state index in [1.165, 1.54) is 0 Å². The summed E-state index contributed by atoms with van der Waals surface area (Å²) in [5.41, 5.74) is 1.02. The van der Waals surface area contributed by atoms with Gasteiger partial charge in [0.1, 0.15) is 0 Å². The van der Waals surface area contributed by atoms with E-state index < -0.39 is 0 Å². The summed E-state index contributed by atoms with van der Waals surface area (Å²) in [6.07, 6.45) is 1.48. The van der Waals surface area contributed by atoms with Crippen molar-refractivity contribution in [2.24, 2.45) is 5.92 Å². The highest BCUT2D eigenvalue weighted by atomic mass is 35.5. The van der Waals surface area contributed by atoms with Crippen molar-refractivity contribution in [3.05, 3.63) is 46.6 Å². The van der Waals surface area contributed by atoms with Crippen molar-refractivity contribution in [2.75, 3.05) is 13.1 Å². The lowest BCUT2D eigenvalue weighted by molar-refractivity contribution is 0.295. The number of hydrogen-bond acceptors (Lipinski definition) is 4. The van der Waals surface area contributed by atoms with Crippen molar-refractivity contribution in [1.82, 2.24) is 15.5 Å². The molecule has 0 amide bonds. The fraction of sp³-hybridized carbons (Fsp3) is 0.385. The molecule has 0 saturated carbocycles. The molecule has 2 heterocycles. The lowest BCUT2D eigenvalue weighted by atomic mass is 10.00. The molecular formula is C13H15Cl2N3O. The van der Waals surface area contributed by atoms with Crippen LogP contribution >= 0.6 is 24.0 Å². The van der Waals surface area contributed by atoms with Crippen LogP contribution in [0, 0.1) is 5.92 Å². The SMILES string of the molecule is Cl.Clc1ccccc1Cc1noc(CC2CNC2)n1. The second-order valence-corrected chi connectivity index (χ2v) is 5.01. The molecule has 1 aromatic carbocycles. The van der Waals surface area contributed by atoms with E-state index in [1.54, 1.807) is 0 Å². The average molecular weight is 300 g/mol. The maximum absolute atomic E-state index is 6.10. The van der Waals surface area contributed by atoms with Crippen LogP contribution < -0.4 is 5.32 Å². The Morgan fingerprint density at radius 1 is 1.32 bits per heavy atom. The summed E-state index contributed by atoms with van der Waals surface area (Å²) >= 11 is 6.10. The first-order chi connectivity index (χ1) is 8.81. The molecule has 0 spiro atoms. The Morgan fingerprint density at radius 3 is 2.79 bits per heavy atom. The predicted octanol–water partition coefficient (Wildman–Crippen LogP) is 2.50. The quantitative estimate of drug-likeness (QED) is 0.942. The van der Waals surface area contributed by atoms with Gasteiger partial charge >= 0.3 is 0 Å². The molecule has 1 aliphatic rings. The maximum Gasteiger partial charge on any atom is 0.227 e. The van der Waals surface area contributed by atoms with Crippen LogP contribution in [0.25, 0.3) is 0 Å². The predicted molar refractivity (Wildman–Crippen MR) is 75.9 cm³/mol. The standard InChI is InChI=1S/C13H14ClN3O.ClH/c14-11-4-2-1-3-10(11)6-12-16-13(18-17-12)5-9-7-15-8-9;/h1-4,9,15H,5-8H2;1H. The van der Waals surface area contributed by atoms with Gasteiger partial charge in [0.2, 0.25) is 5.89 Å². The van der Waals surface area contributed by atoms with Crippen LogP contribution in [0.4, 0.5) is 0 Å². The highest BCUT2D eigenvalue weighted by Crippen LogP contribution is 2.18. The molecule has 1 saturated heterocycles. The summed E-state index contributed by atoms with van der Waals surface area (Å²) in [5.74, 6) is 2.06. The molecule has 0 unspecified atom stereocenters. The third kappa shape index (κ3) is 3.47. The van der Waals surface area contributed by atoms with Crippen molar-refractivity contribution in [2.45, 2.75) is 12.8 Å². The number of aromatic nitrogens is 2. The molecule has 102 valence electrons. The molecule has 0 bridgehead atoms. The first-order valence-corrected chi connectivity index (χ1v) is 6.44. The average Bonchev–Trinajstić information content (AvgIpc) is 2.75. The molecule has 4 nitrogen and oxygen atoms in total. The topological polar surface area (TPSA) is 51.0 Å². The van der Waals surface area contributed by atoms with Crippen LogP contribution in [0.3, 0.4) is 0 Å². The van der Waals surface area contributed by atoms with Crippen molar-refractivity contribution < 1.29 is 4.52 Å². The van der Waals surface area contributed by atoms with Gasteiger partial charge in [-0.05, 0) is 30.6 Å². The fourth-order valence-corrected chi connectivity index (χ4v) is 2.20. The molecule has 1 aliphatic heterocycles. The van der Waals surface area contributed by atoms with Crippen LogP contribution in [-0.2, 0) is 12.8 Å². The minimum atomic E-state index is 0. The van der Waals surface area contributed by atoms with E-state index >= 15 is 0 Å². The molecule has 6 heteroatoms. The van der Waals surface area contributed by atoms with Gasteiger partial charge in [-0.1, -0.05) is 35.0 Å². The van der Waals surface area contributed by atoms with Gasteiger partial charge in [0, 0.05) is 17.9 Å². The minimum Gasteiger partial charge on any atom is -0.339 e. The van der Waals surface area contributed by atoms with Gasteiger partial charge in [0.25, 0.3) is 0 Å². The van der Waals surface area contributed by atoms with Gasteiger partial charge < -0.3 is 9.84 Å². The van der Waals surface area contributed by atoms with Crippen LogP contribution in [-0.4, -0.2) is 23.2 Å². The lowest BCUT2D eigenvalue weighted by Gasteiger charge is -2.25. The first kappa shape index (κ1) is 14.3. The summed E-state index contributed by atoms with van der Waals surface area (Å²) in [4.78, 5) is 4.40. The Bertz CT molecular complexity index is 540. The van der Waals surface area contributed by atoms with Gasteiger partial charge in [-0.2, -0.15) is 4.98 Å². The molecule has 1 fully saturated rings. The number of nitrogens with one attached hydrogen (secondary N) is 1.